The van der Waals surface area contributed by atoms with Crippen LogP contribution in [0, 0.1) is 5.92 Å². The van der Waals surface area contributed by atoms with E-state index in [9.17, 15) is 9.59 Å². The van der Waals surface area contributed by atoms with Crippen molar-refractivity contribution in [3.63, 3.8) is 0 Å². The van der Waals surface area contributed by atoms with Crippen LogP contribution in [0.5, 0.6) is 0 Å². The normalized spacial score (nSPS) is 15.2. The zero-order valence-corrected chi connectivity index (χ0v) is 11.9. The van der Waals surface area contributed by atoms with Gasteiger partial charge in [0.15, 0.2) is 0 Å². The molecule has 0 aliphatic heterocycles. The van der Waals surface area contributed by atoms with E-state index in [2.05, 4.69) is 15.3 Å². The van der Waals surface area contributed by atoms with Crippen molar-refractivity contribution in [1.82, 2.24) is 20.2 Å². The average molecular weight is 278 g/mol. The summed E-state index contributed by atoms with van der Waals surface area (Å²) in [6.45, 7) is 0.874. The van der Waals surface area contributed by atoms with Crippen molar-refractivity contribution in [3.8, 4) is 0 Å². The monoisotopic (exact) mass is 278 g/mol. The first-order chi connectivity index (χ1) is 9.66. The molecule has 1 aromatic heterocycles. The maximum absolute atomic E-state index is 11.9. The Bertz CT molecular complexity index is 438. The lowest BCUT2D eigenvalue weighted by molar-refractivity contribution is -0.130. The number of hydrogen-bond donors (Lipinski definition) is 2. The van der Waals surface area contributed by atoms with Crippen LogP contribution in [0.4, 0.5) is 0 Å². The summed E-state index contributed by atoms with van der Waals surface area (Å²) in [5.74, 6) is 1.03. The Morgan fingerprint density at radius 1 is 1.45 bits per heavy atom. The highest BCUT2D eigenvalue weighted by Gasteiger charge is 2.22. The third kappa shape index (κ3) is 4.08. The van der Waals surface area contributed by atoms with Crippen LogP contribution in [-0.4, -0.2) is 40.3 Å². The van der Waals surface area contributed by atoms with E-state index in [1.165, 1.54) is 0 Å². The fraction of sp³-hybridized carbons (Fsp3) is 0.643. The zero-order valence-electron chi connectivity index (χ0n) is 11.9. The van der Waals surface area contributed by atoms with Gasteiger partial charge in [-0.1, -0.05) is 12.8 Å². The molecular formula is C14H22N4O2. The Hall–Kier alpha value is -1.85. The summed E-state index contributed by atoms with van der Waals surface area (Å²) >= 11 is 0. The minimum absolute atomic E-state index is 0.00752. The molecule has 20 heavy (non-hydrogen) atoms. The molecule has 0 spiro atoms. The summed E-state index contributed by atoms with van der Waals surface area (Å²) in [5, 5.41) is 2.86. The summed E-state index contributed by atoms with van der Waals surface area (Å²) < 4.78 is 0. The summed E-state index contributed by atoms with van der Waals surface area (Å²) in [4.78, 5) is 32.4. The molecule has 2 amide bonds. The predicted molar refractivity (Wildman–Crippen MR) is 74.6 cm³/mol. The Balaban J connectivity index is 1.65. The maximum Gasteiger partial charge on any atom is 0.224 e. The molecule has 2 N–H and O–H groups in total. The van der Waals surface area contributed by atoms with Gasteiger partial charge < -0.3 is 15.2 Å². The highest BCUT2D eigenvalue weighted by molar-refractivity contribution is 5.80. The smallest absolute Gasteiger partial charge is 0.224 e. The predicted octanol–water partition coefficient (Wildman–Crippen LogP) is 1.06. The molecule has 1 heterocycles. The molecule has 1 aliphatic rings. The molecule has 0 radical (unpaired) electrons. The van der Waals surface area contributed by atoms with Gasteiger partial charge in [-0.2, -0.15) is 0 Å². The highest BCUT2D eigenvalue weighted by Crippen LogP contribution is 2.24. The van der Waals surface area contributed by atoms with Gasteiger partial charge in [-0.15, -0.1) is 0 Å². The molecule has 2 rings (SSSR count). The molecule has 110 valence electrons. The van der Waals surface area contributed by atoms with Crippen molar-refractivity contribution >= 4 is 11.8 Å². The van der Waals surface area contributed by atoms with Gasteiger partial charge in [0.1, 0.15) is 5.82 Å². The first-order valence-corrected chi connectivity index (χ1v) is 7.16. The molecule has 0 aromatic carbocycles. The number of imidazole rings is 1. The number of hydrogen-bond acceptors (Lipinski definition) is 3. The number of aromatic amines is 1. The van der Waals surface area contributed by atoms with Crippen molar-refractivity contribution in [2.24, 2.45) is 5.92 Å². The SMILES string of the molecule is CN(Cc1ncc[nH]1)C(=O)CCNC(=O)C1CCCC1. The second kappa shape index (κ2) is 7.07. The summed E-state index contributed by atoms with van der Waals surface area (Å²) in [6, 6.07) is 0. The Morgan fingerprint density at radius 3 is 2.85 bits per heavy atom. The first-order valence-electron chi connectivity index (χ1n) is 7.16. The van der Waals surface area contributed by atoms with Gasteiger partial charge in [0.2, 0.25) is 11.8 Å². The second-order valence-corrected chi connectivity index (χ2v) is 5.31. The summed E-state index contributed by atoms with van der Waals surface area (Å²) in [7, 11) is 1.74. The average Bonchev–Trinajstić information content (AvgIpc) is 3.11. The van der Waals surface area contributed by atoms with E-state index in [4.69, 9.17) is 0 Å². The van der Waals surface area contributed by atoms with Crippen LogP contribution in [0.15, 0.2) is 12.4 Å². The van der Waals surface area contributed by atoms with Gasteiger partial charge in [0, 0.05) is 38.3 Å². The van der Waals surface area contributed by atoms with Gasteiger partial charge in [-0.25, -0.2) is 4.98 Å². The third-order valence-corrected chi connectivity index (χ3v) is 3.73. The van der Waals surface area contributed by atoms with Gasteiger partial charge in [-0.05, 0) is 12.8 Å². The zero-order chi connectivity index (χ0) is 14.4. The Kier molecular flexibility index (Phi) is 5.15. The Labute approximate surface area is 119 Å². The number of nitrogens with zero attached hydrogens (tertiary/aromatic N) is 2. The Morgan fingerprint density at radius 2 is 2.20 bits per heavy atom. The van der Waals surface area contributed by atoms with Crippen LogP contribution < -0.4 is 5.32 Å². The van der Waals surface area contributed by atoms with Crippen molar-refractivity contribution in [2.75, 3.05) is 13.6 Å². The van der Waals surface area contributed by atoms with E-state index in [1.807, 2.05) is 0 Å². The topological polar surface area (TPSA) is 78.1 Å². The van der Waals surface area contributed by atoms with Crippen molar-refractivity contribution in [1.29, 1.82) is 0 Å². The van der Waals surface area contributed by atoms with Crippen LogP contribution in [0.25, 0.3) is 0 Å². The van der Waals surface area contributed by atoms with Crippen molar-refractivity contribution in [3.05, 3.63) is 18.2 Å². The quantitative estimate of drug-likeness (QED) is 0.817. The minimum Gasteiger partial charge on any atom is -0.355 e. The molecule has 0 unspecified atom stereocenters. The largest absolute Gasteiger partial charge is 0.355 e. The number of amides is 2. The number of carbonyl (C=O) groups excluding carboxylic acids is 2. The van der Waals surface area contributed by atoms with E-state index in [0.717, 1.165) is 31.5 Å². The van der Waals surface area contributed by atoms with Crippen molar-refractivity contribution in [2.45, 2.75) is 38.6 Å². The van der Waals surface area contributed by atoms with Crippen LogP contribution in [-0.2, 0) is 16.1 Å². The van der Waals surface area contributed by atoms with E-state index in [-0.39, 0.29) is 17.7 Å². The van der Waals surface area contributed by atoms with Crippen molar-refractivity contribution < 1.29 is 9.59 Å². The van der Waals surface area contributed by atoms with E-state index in [0.29, 0.717) is 19.5 Å². The molecule has 1 aromatic rings. The molecule has 1 fully saturated rings. The van der Waals surface area contributed by atoms with Crippen LogP contribution in [0.2, 0.25) is 0 Å². The summed E-state index contributed by atoms with van der Waals surface area (Å²) in [6.07, 6.45) is 7.97. The number of nitrogens with one attached hydrogen (secondary N) is 2. The minimum atomic E-state index is 0.00752. The van der Waals surface area contributed by atoms with Crippen LogP contribution in [0.3, 0.4) is 0 Å². The first kappa shape index (κ1) is 14.6. The van der Waals surface area contributed by atoms with E-state index < -0.39 is 0 Å². The summed E-state index contributed by atoms with van der Waals surface area (Å²) in [5.41, 5.74) is 0. The maximum atomic E-state index is 11.9. The fourth-order valence-electron chi connectivity index (χ4n) is 2.51. The molecule has 1 saturated carbocycles. The van der Waals surface area contributed by atoms with Gasteiger partial charge >= 0.3 is 0 Å². The fourth-order valence-corrected chi connectivity index (χ4v) is 2.51. The second-order valence-electron chi connectivity index (χ2n) is 5.31. The molecule has 0 saturated heterocycles. The van der Waals surface area contributed by atoms with Gasteiger partial charge in [0.05, 0.1) is 6.54 Å². The lowest BCUT2D eigenvalue weighted by Gasteiger charge is -2.16. The molecular weight excluding hydrogens is 256 g/mol. The van der Waals surface area contributed by atoms with E-state index in [1.54, 1.807) is 24.3 Å². The molecule has 0 atom stereocenters. The van der Waals surface area contributed by atoms with Gasteiger partial charge in [-0.3, -0.25) is 9.59 Å². The van der Waals surface area contributed by atoms with Crippen LogP contribution >= 0.6 is 0 Å². The molecule has 0 bridgehead atoms. The number of H-pyrrole nitrogens is 1. The number of aromatic nitrogens is 2. The third-order valence-electron chi connectivity index (χ3n) is 3.73. The molecule has 6 heteroatoms. The van der Waals surface area contributed by atoms with Crippen LogP contribution in [0.1, 0.15) is 37.9 Å². The standard InChI is InChI=1S/C14H22N4O2/c1-18(10-12-15-8-9-16-12)13(19)6-7-17-14(20)11-4-2-3-5-11/h8-9,11H,2-7,10H2,1H3,(H,15,16)(H,17,20). The lowest BCUT2D eigenvalue weighted by Crippen LogP contribution is -2.34. The molecule has 1 aliphatic carbocycles. The molecule has 6 nitrogen and oxygen atoms in total. The number of rotatable bonds is 6. The number of carbonyl (C=O) groups is 2. The van der Waals surface area contributed by atoms with Gasteiger partial charge in [0.25, 0.3) is 0 Å². The lowest BCUT2D eigenvalue weighted by atomic mass is 10.1. The highest BCUT2D eigenvalue weighted by atomic mass is 16.2. The van der Waals surface area contributed by atoms with E-state index >= 15 is 0 Å².